The van der Waals surface area contributed by atoms with Gasteiger partial charge in [0, 0.05) is 6.61 Å². The van der Waals surface area contributed by atoms with Crippen molar-refractivity contribution in [3.05, 3.63) is 0 Å². The van der Waals surface area contributed by atoms with E-state index in [1.54, 1.807) is 0 Å². The van der Waals surface area contributed by atoms with Crippen molar-refractivity contribution in [2.75, 3.05) is 19.0 Å². The number of thiol groups is 1. The first kappa shape index (κ1) is 9.31. The topological polar surface area (TPSA) is 9.23 Å². The van der Waals surface area contributed by atoms with Crippen molar-refractivity contribution in [1.29, 1.82) is 0 Å². The predicted octanol–water partition coefficient (Wildman–Crippen LogP) is 1.98. The highest BCUT2D eigenvalue weighted by molar-refractivity contribution is 7.80. The Kier molecular flexibility index (Phi) is 6.65. The average molecular weight is 148 g/mol. The maximum atomic E-state index is 5.10. The Morgan fingerprint density at radius 3 is 2.44 bits per heavy atom. The van der Waals surface area contributed by atoms with Crippen molar-refractivity contribution < 1.29 is 4.74 Å². The van der Waals surface area contributed by atoms with Gasteiger partial charge in [0.2, 0.25) is 0 Å². The van der Waals surface area contributed by atoms with Gasteiger partial charge in [-0.2, -0.15) is 12.6 Å². The molecule has 0 N–H and O–H groups in total. The molecule has 1 atom stereocenters. The van der Waals surface area contributed by atoms with E-state index in [0.717, 1.165) is 24.9 Å². The molecule has 1 aliphatic rings. The van der Waals surface area contributed by atoms with Crippen LogP contribution in [-0.4, -0.2) is 19.0 Å². The molecule has 0 aliphatic carbocycles. The number of hydrogen-bond donors (Lipinski definition) is 1. The molecule has 0 amide bonds. The van der Waals surface area contributed by atoms with Gasteiger partial charge in [-0.25, -0.2) is 0 Å². The lowest BCUT2D eigenvalue weighted by atomic mass is 10.2. The third-order valence-corrected chi connectivity index (χ3v) is 1.80. The van der Waals surface area contributed by atoms with Crippen LogP contribution < -0.4 is 0 Å². The minimum absolute atomic E-state index is 0.739. The van der Waals surface area contributed by atoms with Crippen LogP contribution in [0.3, 0.4) is 0 Å². The highest BCUT2D eigenvalue weighted by Gasteiger charge is 2.12. The smallest absolute Gasteiger partial charge is 0.0502 e. The van der Waals surface area contributed by atoms with E-state index in [9.17, 15) is 0 Å². The lowest BCUT2D eigenvalue weighted by Gasteiger charge is -1.96. The van der Waals surface area contributed by atoms with Crippen LogP contribution in [0.5, 0.6) is 0 Å². The molecular formula is C7H16OS. The van der Waals surface area contributed by atoms with Crippen LogP contribution in [0.15, 0.2) is 0 Å². The van der Waals surface area contributed by atoms with Crippen LogP contribution in [0.25, 0.3) is 0 Å². The van der Waals surface area contributed by atoms with Gasteiger partial charge in [-0.05, 0) is 18.1 Å². The van der Waals surface area contributed by atoms with Crippen LogP contribution >= 0.6 is 12.6 Å². The van der Waals surface area contributed by atoms with Crippen molar-refractivity contribution >= 4 is 12.6 Å². The fourth-order valence-corrected chi connectivity index (χ4v) is 1.02. The van der Waals surface area contributed by atoms with Crippen LogP contribution in [0, 0.1) is 5.92 Å². The van der Waals surface area contributed by atoms with E-state index in [-0.39, 0.29) is 0 Å². The van der Waals surface area contributed by atoms with Crippen LogP contribution in [-0.2, 0) is 4.74 Å². The summed E-state index contributed by atoms with van der Waals surface area (Å²) in [5, 5.41) is 0. The normalized spacial score (nSPS) is 25.0. The van der Waals surface area contributed by atoms with Crippen molar-refractivity contribution in [1.82, 2.24) is 0 Å². The van der Waals surface area contributed by atoms with E-state index in [0.29, 0.717) is 0 Å². The third-order valence-electron chi connectivity index (χ3n) is 1.28. The molecule has 0 unspecified atom stereocenters. The zero-order chi connectivity index (χ0) is 7.11. The molecule has 0 aromatic heterocycles. The van der Waals surface area contributed by atoms with Gasteiger partial charge in [-0.3, -0.25) is 0 Å². The Morgan fingerprint density at radius 1 is 1.56 bits per heavy atom. The molecule has 9 heavy (non-hydrogen) atoms. The number of hydrogen-bond acceptors (Lipinski definition) is 2. The summed E-state index contributed by atoms with van der Waals surface area (Å²) >= 11 is 4.14. The van der Waals surface area contributed by atoms with Crippen LogP contribution in [0.1, 0.15) is 20.3 Å². The summed E-state index contributed by atoms with van der Waals surface area (Å²) in [5.41, 5.74) is 0. The predicted molar refractivity (Wildman–Crippen MR) is 44.1 cm³/mol. The van der Waals surface area contributed by atoms with Gasteiger partial charge in [-0.1, -0.05) is 13.8 Å². The molecule has 0 bridgehead atoms. The second-order valence-electron chi connectivity index (χ2n) is 1.91. The lowest BCUT2D eigenvalue weighted by Crippen LogP contribution is -1.98. The number of rotatable bonds is 1. The summed E-state index contributed by atoms with van der Waals surface area (Å²) in [4.78, 5) is 0. The van der Waals surface area contributed by atoms with Gasteiger partial charge in [0.1, 0.15) is 0 Å². The van der Waals surface area contributed by atoms with E-state index < -0.39 is 0 Å². The minimum atomic E-state index is 0.739. The van der Waals surface area contributed by atoms with Gasteiger partial charge < -0.3 is 4.74 Å². The number of ether oxygens (including phenoxy) is 1. The zero-order valence-electron chi connectivity index (χ0n) is 6.26. The molecule has 2 heteroatoms. The molecule has 1 saturated heterocycles. The summed E-state index contributed by atoms with van der Waals surface area (Å²) in [7, 11) is 0. The second-order valence-corrected chi connectivity index (χ2v) is 2.28. The van der Waals surface area contributed by atoms with E-state index >= 15 is 0 Å². The molecule has 1 rings (SSSR count). The first-order valence-corrected chi connectivity index (χ1v) is 4.25. The first-order chi connectivity index (χ1) is 4.43. The lowest BCUT2D eigenvalue weighted by molar-refractivity contribution is 0.189. The van der Waals surface area contributed by atoms with Crippen molar-refractivity contribution in [3.63, 3.8) is 0 Å². The zero-order valence-corrected chi connectivity index (χ0v) is 7.16. The highest BCUT2D eigenvalue weighted by Crippen LogP contribution is 2.12. The van der Waals surface area contributed by atoms with E-state index in [1.807, 2.05) is 13.8 Å². The third kappa shape index (κ3) is 3.82. The molecule has 56 valence electrons. The SMILES string of the molecule is CC.SC[C@H]1CCOC1. The molecule has 0 radical (unpaired) electrons. The fourth-order valence-electron chi connectivity index (χ4n) is 0.727. The Bertz CT molecular complexity index is 50.9. The fraction of sp³-hybridized carbons (Fsp3) is 1.00. The van der Waals surface area contributed by atoms with Gasteiger partial charge in [-0.15, -0.1) is 0 Å². The Balaban J connectivity index is 0.000000291. The molecule has 1 heterocycles. The summed E-state index contributed by atoms with van der Waals surface area (Å²) < 4.78 is 5.10. The molecule has 0 saturated carbocycles. The molecule has 1 nitrogen and oxygen atoms in total. The molecule has 0 aromatic carbocycles. The van der Waals surface area contributed by atoms with E-state index in [2.05, 4.69) is 12.6 Å². The second kappa shape index (κ2) is 6.43. The molecule has 1 fully saturated rings. The maximum absolute atomic E-state index is 5.10. The highest BCUT2D eigenvalue weighted by atomic mass is 32.1. The van der Waals surface area contributed by atoms with Crippen LogP contribution in [0.4, 0.5) is 0 Å². The maximum Gasteiger partial charge on any atom is 0.0502 e. The standard InChI is InChI=1S/C5H10OS.C2H6/c7-4-5-1-2-6-3-5;1-2/h5,7H,1-4H2;1-2H3/t5-;/m0./s1. The van der Waals surface area contributed by atoms with E-state index in [4.69, 9.17) is 4.74 Å². The van der Waals surface area contributed by atoms with Crippen LogP contribution in [0.2, 0.25) is 0 Å². The van der Waals surface area contributed by atoms with E-state index in [1.165, 1.54) is 6.42 Å². The Labute approximate surface area is 63.2 Å². The monoisotopic (exact) mass is 148 g/mol. The summed E-state index contributed by atoms with van der Waals surface area (Å²) in [6, 6.07) is 0. The largest absolute Gasteiger partial charge is 0.381 e. The summed E-state index contributed by atoms with van der Waals surface area (Å²) in [6.45, 7) is 5.88. The summed E-state index contributed by atoms with van der Waals surface area (Å²) in [5.74, 6) is 1.73. The van der Waals surface area contributed by atoms with Gasteiger partial charge in [0.05, 0.1) is 6.61 Å². The molecule has 0 spiro atoms. The Hall–Kier alpha value is 0.310. The average Bonchev–Trinajstić information content (AvgIpc) is 2.43. The van der Waals surface area contributed by atoms with Gasteiger partial charge in [0.25, 0.3) is 0 Å². The quantitative estimate of drug-likeness (QED) is 0.559. The summed E-state index contributed by atoms with van der Waals surface area (Å²) in [6.07, 6.45) is 1.21. The minimum Gasteiger partial charge on any atom is -0.381 e. The van der Waals surface area contributed by atoms with Crippen molar-refractivity contribution in [3.8, 4) is 0 Å². The van der Waals surface area contributed by atoms with Crippen molar-refractivity contribution in [2.45, 2.75) is 20.3 Å². The van der Waals surface area contributed by atoms with Gasteiger partial charge >= 0.3 is 0 Å². The first-order valence-electron chi connectivity index (χ1n) is 3.62. The van der Waals surface area contributed by atoms with Gasteiger partial charge in [0.15, 0.2) is 0 Å². The van der Waals surface area contributed by atoms with Crippen molar-refractivity contribution in [2.24, 2.45) is 5.92 Å². The molecule has 0 aromatic rings. The Morgan fingerprint density at radius 2 is 2.22 bits per heavy atom. The molecular weight excluding hydrogens is 132 g/mol. The molecule has 1 aliphatic heterocycles.